The van der Waals surface area contributed by atoms with Crippen molar-refractivity contribution >= 4 is 8.25 Å². The van der Waals surface area contributed by atoms with Crippen LogP contribution in [0.4, 0.5) is 0 Å². The molecule has 6 nitrogen and oxygen atoms in total. The average molecular weight is 438 g/mol. The predicted octanol–water partition coefficient (Wildman–Crippen LogP) is 6.03. The maximum absolute atomic E-state index is 8.70. The van der Waals surface area contributed by atoms with Crippen LogP contribution in [0, 0.1) is 0 Å². The highest BCUT2D eigenvalue weighted by Crippen LogP contribution is 2.13. The molecule has 0 aliphatic heterocycles. The zero-order valence-corrected chi connectivity index (χ0v) is 19.5. The van der Waals surface area contributed by atoms with Crippen LogP contribution >= 0.6 is 8.25 Å². The molecule has 174 valence electrons. The Balaban J connectivity index is 0. The van der Waals surface area contributed by atoms with Crippen LogP contribution in [0.3, 0.4) is 0 Å². The largest absolute Gasteiger partial charge is 0.692 e. The van der Waals surface area contributed by atoms with Gasteiger partial charge in [0.2, 0.25) is 0 Å². The maximum Gasteiger partial charge on any atom is 0.692 e. The molecule has 0 unspecified atom stereocenters. The Hall–Kier alpha value is -0.520. The number of hydrogen-bond donors (Lipinski definition) is 3. The summed E-state index contributed by atoms with van der Waals surface area (Å²) in [5.74, 6) is 0. The van der Waals surface area contributed by atoms with E-state index < -0.39 is 8.25 Å². The summed E-state index contributed by atoms with van der Waals surface area (Å²) in [5, 5.41) is 8.55. The first-order valence-corrected chi connectivity index (χ1v) is 12.6. The van der Waals surface area contributed by atoms with Crippen molar-refractivity contribution in [1.82, 2.24) is 0 Å². The quantitative estimate of drug-likeness (QED) is 0.115. The molecule has 0 rings (SSSR count). The van der Waals surface area contributed by atoms with E-state index in [0.717, 1.165) is 6.42 Å². The number of aliphatic hydroxyl groups is 1. The van der Waals surface area contributed by atoms with Crippen LogP contribution in [0.5, 0.6) is 0 Å². The fourth-order valence-corrected chi connectivity index (χ4v) is 2.93. The lowest BCUT2D eigenvalue weighted by molar-refractivity contribution is 0.0600. The molecule has 0 atom stereocenters. The van der Waals surface area contributed by atoms with Gasteiger partial charge in [-0.25, -0.2) is 0 Å². The second-order valence-corrected chi connectivity index (χ2v) is 7.72. The lowest BCUT2D eigenvalue weighted by atomic mass is 10.0. The van der Waals surface area contributed by atoms with Crippen molar-refractivity contribution in [3.05, 3.63) is 12.3 Å². The molecule has 29 heavy (non-hydrogen) atoms. The van der Waals surface area contributed by atoms with Crippen LogP contribution in [0.1, 0.15) is 103 Å². The number of allylic oxidation sites excluding steroid dienone is 1. The van der Waals surface area contributed by atoms with Crippen molar-refractivity contribution in [2.45, 2.75) is 103 Å². The second-order valence-electron chi connectivity index (χ2n) is 7.22. The predicted molar refractivity (Wildman–Crippen MR) is 120 cm³/mol. The summed E-state index contributed by atoms with van der Waals surface area (Å²) in [5.41, 5.74) is 0. The summed E-state index contributed by atoms with van der Waals surface area (Å²) >= 11 is 0. The van der Waals surface area contributed by atoms with Crippen LogP contribution in [0.15, 0.2) is 12.3 Å². The van der Waals surface area contributed by atoms with Gasteiger partial charge in [0, 0.05) is 4.57 Å². The number of rotatable bonds is 21. The Labute approximate surface area is 179 Å². The summed E-state index contributed by atoms with van der Waals surface area (Å²) in [6.45, 7) is 3.87. The number of hydrogen-bond acceptors (Lipinski definition) is 4. The summed E-state index contributed by atoms with van der Waals surface area (Å²) in [7, 11) is -2.87. The lowest BCUT2D eigenvalue weighted by Crippen LogP contribution is -2.04. The first-order chi connectivity index (χ1) is 14.1. The third-order valence-electron chi connectivity index (χ3n) is 4.50. The Morgan fingerprint density at radius 1 is 0.724 bits per heavy atom. The van der Waals surface area contributed by atoms with Crippen LogP contribution in [0.2, 0.25) is 0 Å². The van der Waals surface area contributed by atoms with Gasteiger partial charge in [0.15, 0.2) is 0 Å². The molecule has 0 radical (unpaired) electrons. The van der Waals surface area contributed by atoms with Gasteiger partial charge in [0.1, 0.15) is 6.61 Å². The average Bonchev–Trinajstić information content (AvgIpc) is 2.69. The summed E-state index contributed by atoms with van der Waals surface area (Å²) in [4.78, 5) is 14.2. The van der Waals surface area contributed by atoms with Crippen molar-refractivity contribution in [3.63, 3.8) is 0 Å². The zero-order valence-electron chi connectivity index (χ0n) is 18.6. The van der Waals surface area contributed by atoms with E-state index in [-0.39, 0.29) is 6.61 Å². The van der Waals surface area contributed by atoms with Crippen LogP contribution in [-0.4, -0.2) is 41.3 Å². The molecule has 0 bridgehead atoms. The van der Waals surface area contributed by atoms with E-state index in [2.05, 4.69) is 13.0 Å². The van der Waals surface area contributed by atoms with Crippen molar-refractivity contribution < 1.29 is 28.9 Å². The molecule has 7 heteroatoms. The normalized spacial score (nSPS) is 10.8. The zero-order chi connectivity index (χ0) is 21.8. The minimum atomic E-state index is -2.87. The van der Waals surface area contributed by atoms with Gasteiger partial charge in [0.25, 0.3) is 0 Å². The van der Waals surface area contributed by atoms with Gasteiger partial charge in [-0.15, -0.1) is 9.79 Å². The molecule has 0 saturated heterocycles. The highest BCUT2D eigenvalue weighted by molar-refractivity contribution is 7.30. The maximum atomic E-state index is 8.70. The topological polar surface area (TPSA) is 96.2 Å². The van der Waals surface area contributed by atoms with Gasteiger partial charge < -0.3 is 14.6 Å². The van der Waals surface area contributed by atoms with Crippen molar-refractivity contribution in [3.8, 4) is 0 Å². The van der Waals surface area contributed by atoms with E-state index in [1.165, 1.54) is 89.9 Å². The number of aliphatic hydroxyl groups excluding tert-OH is 1. The molecule has 0 spiro atoms. The molecule has 3 N–H and O–H groups in total. The standard InChI is InChI=1S/C22H44O3.HO3P/c1-2-3-4-5-6-7-8-9-10-11-12-13-14-15-16-17-19-24-21-22-25-20-18-23;1-4(2)3/h17,19,23H,2-16,18,20-22H2,1H3;(H-,1,2,3)/p+1. The van der Waals surface area contributed by atoms with Gasteiger partial charge in [0.05, 0.1) is 26.1 Å². The van der Waals surface area contributed by atoms with Gasteiger partial charge in [-0.3, -0.25) is 0 Å². The van der Waals surface area contributed by atoms with Gasteiger partial charge in [-0.05, 0) is 18.9 Å². The summed E-state index contributed by atoms with van der Waals surface area (Å²) in [6.07, 6.45) is 24.7. The van der Waals surface area contributed by atoms with Gasteiger partial charge in [-0.1, -0.05) is 90.4 Å². The fourth-order valence-electron chi connectivity index (χ4n) is 2.93. The molecule has 0 aromatic rings. The van der Waals surface area contributed by atoms with Crippen LogP contribution in [-0.2, 0) is 14.0 Å². The molecular weight excluding hydrogens is 391 g/mol. The van der Waals surface area contributed by atoms with Gasteiger partial charge in [-0.2, -0.15) is 0 Å². The third kappa shape index (κ3) is 38.7. The molecule has 0 aliphatic carbocycles. The lowest BCUT2D eigenvalue weighted by Gasteiger charge is -2.03. The molecule has 0 aliphatic rings. The van der Waals surface area contributed by atoms with E-state index in [1.807, 2.05) is 0 Å². The SMILES string of the molecule is CCCCCCCCCCCCCCCCC=COCCOCCO.O=[P+](O)O. The van der Waals surface area contributed by atoms with E-state index in [1.54, 1.807) is 6.26 Å². The Morgan fingerprint density at radius 3 is 1.62 bits per heavy atom. The third-order valence-corrected chi connectivity index (χ3v) is 4.50. The molecule has 0 amide bonds. The highest BCUT2D eigenvalue weighted by Gasteiger charge is 1.94. The monoisotopic (exact) mass is 437 g/mol. The minimum absolute atomic E-state index is 0.0783. The van der Waals surface area contributed by atoms with Gasteiger partial charge >= 0.3 is 8.25 Å². The van der Waals surface area contributed by atoms with Crippen LogP contribution in [0.25, 0.3) is 0 Å². The molecule has 0 aromatic carbocycles. The molecular formula is C22H46O6P+. The summed E-state index contributed by atoms with van der Waals surface area (Å²) in [6, 6.07) is 0. The number of unbranched alkanes of at least 4 members (excludes halogenated alkanes) is 14. The smallest absolute Gasteiger partial charge is 0.499 e. The first-order valence-electron chi connectivity index (χ1n) is 11.4. The minimum Gasteiger partial charge on any atom is -0.499 e. The van der Waals surface area contributed by atoms with E-state index in [9.17, 15) is 0 Å². The Bertz CT molecular complexity index is 335. The van der Waals surface area contributed by atoms with E-state index in [4.69, 9.17) is 28.9 Å². The fraction of sp³-hybridized carbons (Fsp3) is 0.909. The van der Waals surface area contributed by atoms with E-state index in [0.29, 0.717) is 19.8 Å². The highest BCUT2D eigenvalue weighted by atomic mass is 31.1. The Morgan fingerprint density at radius 2 is 1.17 bits per heavy atom. The van der Waals surface area contributed by atoms with Crippen molar-refractivity contribution in [2.24, 2.45) is 0 Å². The molecule has 0 heterocycles. The second kappa shape index (κ2) is 29.7. The number of ether oxygens (including phenoxy) is 2. The van der Waals surface area contributed by atoms with Crippen molar-refractivity contribution in [2.75, 3.05) is 26.4 Å². The molecule has 0 saturated carbocycles. The first kappa shape index (κ1) is 30.7. The van der Waals surface area contributed by atoms with Crippen LogP contribution < -0.4 is 0 Å². The van der Waals surface area contributed by atoms with E-state index >= 15 is 0 Å². The molecule has 0 fully saturated rings. The summed E-state index contributed by atoms with van der Waals surface area (Å²) < 4.78 is 19.1. The molecule has 0 aromatic heterocycles. The Kier molecular flexibility index (Phi) is 31.4. The van der Waals surface area contributed by atoms with Crippen molar-refractivity contribution in [1.29, 1.82) is 0 Å².